The first-order chi connectivity index (χ1) is 7.70. The van der Waals surface area contributed by atoms with E-state index in [2.05, 4.69) is 22.9 Å². The van der Waals surface area contributed by atoms with Crippen LogP contribution in [0.3, 0.4) is 0 Å². The summed E-state index contributed by atoms with van der Waals surface area (Å²) in [5.41, 5.74) is 1.15. The summed E-state index contributed by atoms with van der Waals surface area (Å²) >= 11 is 3.74. The topological polar surface area (TPSA) is 29.5 Å². The Morgan fingerprint density at radius 2 is 2.06 bits per heavy atom. The lowest BCUT2D eigenvalue weighted by molar-refractivity contribution is -0.0132. The lowest BCUT2D eigenvalue weighted by Crippen LogP contribution is -2.29. The number of rotatable bonds is 2. The van der Waals surface area contributed by atoms with Gasteiger partial charge >= 0.3 is 0 Å². The lowest BCUT2D eigenvalue weighted by Gasteiger charge is -2.33. The maximum absolute atomic E-state index is 9.24. The number of aromatic hydroxyl groups is 1. The van der Waals surface area contributed by atoms with Crippen LogP contribution in [0.1, 0.15) is 31.4 Å². The van der Waals surface area contributed by atoms with E-state index in [1.54, 1.807) is 12.1 Å². The number of benzene rings is 1. The average Bonchev–Trinajstić information content (AvgIpc) is 2.30. The summed E-state index contributed by atoms with van der Waals surface area (Å²) in [6, 6.07) is 7.31. The van der Waals surface area contributed by atoms with Gasteiger partial charge < -0.3 is 9.84 Å². The van der Waals surface area contributed by atoms with Gasteiger partial charge in [0.1, 0.15) is 5.75 Å². The fraction of sp³-hybridized carbons (Fsp3) is 0.538. The van der Waals surface area contributed by atoms with Gasteiger partial charge in [0.05, 0.1) is 12.7 Å². The molecule has 1 aromatic carbocycles. The van der Waals surface area contributed by atoms with Crippen LogP contribution >= 0.6 is 15.9 Å². The number of alkyl halides is 1. The molecule has 1 fully saturated rings. The van der Waals surface area contributed by atoms with Gasteiger partial charge in [0.15, 0.2) is 0 Å². The Kier molecular flexibility index (Phi) is 3.87. The molecule has 1 aliphatic heterocycles. The standard InChI is InChI=1S/C13H17BrO2/c1-2-9-8-16-13(7-12(9)14)10-3-5-11(15)6-4-10/h3-6,9,12-13,15H,2,7-8H2,1H3. The second kappa shape index (κ2) is 5.19. The van der Waals surface area contributed by atoms with E-state index in [0.717, 1.165) is 25.0 Å². The molecule has 1 saturated heterocycles. The number of ether oxygens (including phenoxy) is 1. The zero-order valence-electron chi connectivity index (χ0n) is 9.40. The second-order valence-electron chi connectivity index (χ2n) is 4.33. The Bertz CT molecular complexity index is 336. The summed E-state index contributed by atoms with van der Waals surface area (Å²) in [6.45, 7) is 3.02. The third-order valence-corrected chi connectivity index (χ3v) is 4.37. The van der Waals surface area contributed by atoms with E-state index >= 15 is 0 Å². The van der Waals surface area contributed by atoms with Gasteiger partial charge in [-0.1, -0.05) is 41.4 Å². The molecule has 1 N–H and O–H groups in total. The lowest BCUT2D eigenvalue weighted by atomic mass is 9.93. The molecular weight excluding hydrogens is 268 g/mol. The maximum Gasteiger partial charge on any atom is 0.115 e. The van der Waals surface area contributed by atoms with Crippen LogP contribution in [0.25, 0.3) is 0 Å². The summed E-state index contributed by atoms with van der Waals surface area (Å²) in [4.78, 5) is 0.532. The molecular formula is C13H17BrO2. The van der Waals surface area contributed by atoms with Crippen molar-refractivity contribution in [3.8, 4) is 5.75 Å². The molecule has 0 bridgehead atoms. The van der Waals surface area contributed by atoms with Crippen molar-refractivity contribution in [3.05, 3.63) is 29.8 Å². The van der Waals surface area contributed by atoms with Crippen molar-refractivity contribution < 1.29 is 9.84 Å². The van der Waals surface area contributed by atoms with Crippen LogP contribution in [0, 0.1) is 5.92 Å². The van der Waals surface area contributed by atoms with Crippen molar-refractivity contribution in [2.75, 3.05) is 6.61 Å². The number of phenolic OH excluding ortho intramolecular Hbond substituents is 1. The van der Waals surface area contributed by atoms with Gasteiger partial charge in [0.2, 0.25) is 0 Å². The molecule has 0 amide bonds. The van der Waals surface area contributed by atoms with Gasteiger partial charge in [-0.05, 0) is 30.0 Å². The normalized spacial score (nSPS) is 30.2. The van der Waals surface area contributed by atoms with Crippen molar-refractivity contribution in [3.63, 3.8) is 0 Å². The van der Waals surface area contributed by atoms with E-state index in [9.17, 15) is 5.11 Å². The largest absolute Gasteiger partial charge is 0.508 e. The summed E-state index contributed by atoms with van der Waals surface area (Å²) in [6.07, 6.45) is 2.31. The summed E-state index contributed by atoms with van der Waals surface area (Å²) in [7, 11) is 0. The molecule has 0 saturated carbocycles. The van der Waals surface area contributed by atoms with Crippen LogP contribution in [0.15, 0.2) is 24.3 Å². The Hall–Kier alpha value is -0.540. The highest BCUT2D eigenvalue weighted by Gasteiger charge is 2.28. The summed E-state index contributed by atoms with van der Waals surface area (Å²) < 4.78 is 5.87. The first-order valence-corrected chi connectivity index (χ1v) is 6.67. The Labute approximate surface area is 105 Å². The third kappa shape index (κ3) is 2.58. The van der Waals surface area contributed by atoms with Gasteiger partial charge in [-0.3, -0.25) is 0 Å². The number of hydrogen-bond acceptors (Lipinski definition) is 2. The molecule has 1 aliphatic rings. The Balaban J connectivity index is 2.04. The van der Waals surface area contributed by atoms with Crippen molar-refractivity contribution in [1.29, 1.82) is 0 Å². The summed E-state index contributed by atoms with van der Waals surface area (Å²) in [5, 5.41) is 9.24. The van der Waals surface area contributed by atoms with E-state index in [1.165, 1.54) is 0 Å². The molecule has 0 aliphatic carbocycles. The molecule has 3 atom stereocenters. The van der Waals surface area contributed by atoms with Crippen molar-refractivity contribution in [1.82, 2.24) is 0 Å². The van der Waals surface area contributed by atoms with Gasteiger partial charge in [0.25, 0.3) is 0 Å². The van der Waals surface area contributed by atoms with Gasteiger partial charge in [-0.2, -0.15) is 0 Å². The summed E-state index contributed by atoms with van der Waals surface area (Å²) in [5.74, 6) is 0.926. The Morgan fingerprint density at radius 1 is 1.38 bits per heavy atom. The van der Waals surface area contributed by atoms with Crippen LogP contribution in [0.4, 0.5) is 0 Å². The zero-order valence-corrected chi connectivity index (χ0v) is 11.0. The minimum atomic E-state index is 0.160. The SMILES string of the molecule is CCC1COC(c2ccc(O)cc2)CC1Br. The molecule has 16 heavy (non-hydrogen) atoms. The fourth-order valence-electron chi connectivity index (χ4n) is 2.10. The molecule has 3 heteroatoms. The quantitative estimate of drug-likeness (QED) is 0.841. The van der Waals surface area contributed by atoms with Crippen LogP contribution in [-0.2, 0) is 4.74 Å². The third-order valence-electron chi connectivity index (χ3n) is 3.25. The highest BCUT2D eigenvalue weighted by Crippen LogP contribution is 2.36. The molecule has 1 aromatic rings. The molecule has 1 heterocycles. The molecule has 3 unspecified atom stereocenters. The molecule has 88 valence electrons. The van der Waals surface area contributed by atoms with E-state index in [4.69, 9.17) is 4.74 Å². The van der Waals surface area contributed by atoms with Crippen LogP contribution in [0.5, 0.6) is 5.75 Å². The Morgan fingerprint density at radius 3 is 2.62 bits per heavy atom. The van der Waals surface area contributed by atoms with Gasteiger partial charge in [-0.15, -0.1) is 0 Å². The average molecular weight is 285 g/mol. The molecule has 0 radical (unpaired) electrons. The number of hydrogen-bond donors (Lipinski definition) is 1. The predicted octanol–water partition coefficient (Wildman–Crippen LogP) is 3.64. The highest BCUT2D eigenvalue weighted by molar-refractivity contribution is 9.09. The van der Waals surface area contributed by atoms with Crippen LogP contribution < -0.4 is 0 Å². The second-order valence-corrected chi connectivity index (χ2v) is 5.51. The highest BCUT2D eigenvalue weighted by atomic mass is 79.9. The first kappa shape index (κ1) is 11.9. The van der Waals surface area contributed by atoms with Crippen LogP contribution in [0.2, 0.25) is 0 Å². The van der Waals surface area contributed by atoms with Crippen molar-refractivity contribution in [2.24, 2.45) is 5.92 Å². The predicted molar refractivity (Wildman–Crippen MR) is 67.9 cm³/mol. The minimum Gasteiger partial charge on any atom is -0.508 e. The van der Waals surface area contributed by atoms with E-state index in [0.29, 0.717) is 16.5 Å². The number of phenols is 1. The maximum atomic E-state index is 9.24. The minimum absolute atomic E-state index is 0.160. The van der Waals surface area contributed by atoms with E-state index < -0.39 is 0 Å². The number of halogens is 1. The first-order valence-electron chi connectivity index (χ1n) is 5.75. The molecule has 0 spiro atoms. The molecule has 0 aromatic heterocycles. The molecule has 2 nitrogen and oxygen atoms in total. The van der Waals surface area contributed by atoms with E-state index in [1.807, 2.05) is 12.1 Å². The van der Waals surface area contributed by atoms with Gasteiger partial charge in [-0.25, -0.2) is 0 Å². The smallest absolute Gasteiger partial charge is 0.115 e. The van der Waals surface area contributed by atoms with Crippen LogP contribution in [-0.4, -0.2) is 16.5 Å². The van der Waals surface area contributed by atoms with Crippen molar-refractivity contribution in [2.45, 2.75) is 30.7 Å². The van der Waals surface area contributed by atoms with Gasteiger partial charge in [0, 0.05) is 4.83 Å². The zero-order chi connectivity index (χ0) is 11.5. The van der Waals surface area contributed by atoms with E-state index in [-0.39, 0.29) is 6.10 Å². The molecule has 2 rings (SSSR count). The monoisotopic (exact) mass is 284 g/mol. The van der Waals surface area contributed by atoms with Crippen molar-refractivity contribution >= 4 is 15.9 Å². The fourth-order valence-corrected chi connectivity index (χ4v) is 2.97.